The van der Waals surface area contributed by atoms with Gasteiger partial charge in [0.05, 0.1) is 0 Å². The Morgan fingerprint density at radius 1 is 1.33 bits per heavy atom. The van der Waals surface area contributed by atoms with Crippen LogP contribution in [0.3, 0.4) is 0 Å². The van der Waals surface area contributed by atoms with Gasteiger partial charge in [0, 0.05) is 6.04 Å². The van der Waals surface area contributed by atoms with Gasteiger partial charge in [-0.2, -0.15) is 0 Å². The molecule has 1 aromatic rings. The Labute approximate surface area is 92.9 Å². The summed E-state index contributed by atoms with van der Waals surface area (Å²) < 4.78 is 0. The van der Waals surface area contributed by atoms with Crippen molar-refractivity contribution in [3.8, 4) is 0 Å². The van der Waals surface area contributed by atoms with E-state index < -0.39 is 0 Å². The minimum atomic E-state index is 0.553. The van der Waals surface area contributed by atoms with Gasteiger partial charge in [0.25, 0.3) is 0 Å². The zero-order valence-electron chi connectivity index (χ0n) is 10.0. The topological polar surface area (TPSA) is 12.0 Å². The largest absolute Gasteiger partial charge is 0.313 e. The van der Waals surface area contributed by atoms with Gasteiger partial charge < -0.3 is 5.32 Å². The fraction of sp³-hybridized carbons (Fsp3) is 0.571. The van der Waals surface area contributed by atoms with E-state index >= 15 is 0 Å². The van der Waals surface area contributed by atoms with Gasteiger partial charge in [-0.05, 0) is 44.4 Å². The molecule has 1 fully saturated rings. The number of nitrogens with one attached hydrogen (secondary N) is 1. The van der Waals surface area contributed by atoms with Crippen LogP contribution in [0.1, 0.15) is 42.0 Å². The third-order valence-corrected chi connectivity index (χ3v) is 3.42. The third-order valence-electron chi connectivity index (χ3n) is 3.42. The molecule has 1 N–H and O–H groups in total. The summed E-state index contributed by atoms with van der Waals surface area (Å²) in [5.41, 5.74) is 4.27. The highest BCUT2D eigenvalue weighted by atomic mass is 14.9. The molecule has 0 spiro atoms. The van der Waals surface area contributed by atoms with Crippen molar-refractivity contribution in [2.75, 3.05) is 7.05 Å². The van der Waals surface area contributed by atoms with Gasteiger partial charge in [-0.25, -0.2) is 0 Å². The SMILES string of the molecule is CNC(CC1CC1)c1cc(C)ccc1C. The van der Waals surface area contributed by atoms with Crippen molar-refractivity contribution < 1.29 is 0 Å². The van der Waals surface area contributed by atoms with Crippen LogP contribution in [0.15, 0.2) is 18.2 Å². The first-order valence-electron chi connectivity index (χ1n) is 5.95. The summed E-state index contributed by atoms with van der Waals surface area (Å²) in [7, 11) is 2.08. The fourth-order valence-corrected chi connectivity index (χ4v) is 2.22. The lowest BCUT2D eigenvalue weighted by Gasteiger charge is -2.19. The molecule has 82 valence electrons. The summed E-state index contributed by atoms with van der Waals surface area (Å²) in [4.78, 5) is 0. The standard InChI is InChI=1S/C14H21N/c1-10-4-5-11(2)13(8-10)14(15-3)9-12-6-7-12/h4-5,8,12,14-15H,6-7,9H2,1-3H3. The number of hydrogen-bond acceptors (Lipinski definition) is 1. The Morgan fingerprint density at radius 2 is 2.07 bits per heavy atom. The molecule has 1 aromatic carbocycles. The van der Waals surface area contributed by atoms with E-state index in [4.69, 9.17) is 0 Å². The first-order chi connectivity index (χ1) is 7.20. The molecule has 2 rings (SSSR count). The lowest BCUT2D eigenvalue weighted by atomic mass is 9.95. The second-order valence-corrected chi connectivity index (χ2v) is 4.88. The lowest BCUT2D eigenvalue weighted by Crippen LogP contribution is -2.18. The summed E-state index contributed by atoms with van der Waals surface area (Å²) >= 11 is 0. The maximum Gasteiger partial charge on any atom is 0.0322 e. The first kappa shape index (κ1) is 10.7. The van der Waals surface area contributed by atoms with E-state index in [2.05, 4.69) is 44.4 Å². The van der Waals surface area contributed by atoms with Crippen LogP contribution in [0.5, 0.6) is 0 Å². The lowest BCUT2D eigenvalue weighted by molar-refractivity contribution is 0.512. The van der Waals surface area contributed by atoms with Crippen LogP contribution in [0.25, 0.3) is 0 Å². The molecule has 1 heteroatoms. The molecule has 0 radical (unpaired) electrons. The van der Waals surface area contributed by atoms with Crippen molar-refractivity contribution in [3.63, 3.8) is 0 Å². The van der Waals surface area contributed by atoms with Gasteiger partial charge in [-0.1, -0.05) is 36.6 Å². The van der Waals surface area contributed by atoms with Crippen LogP contribution >= 0.6 is 0 Å². The van der Waals surface area contributed by atoms with Crippen molar-refractivity contribution in [1.29, 1.82) is 0 Å². The Kier molecular flexibility index (Phi) is 3.11. The predicted molar refractivity (Wildman–Crippen MR) is 65.1 cm³/mol. The van der Waals surface area contributed by atoms with Crippen molar-refractivity contribution in [2.45, 2.75) is 39.2 Å². The van der Waals surface area contributed by atoms with Crippen LogP contribution in [-0.2, 0) is 0 Å². The van der Waals surface area contributed by atoms with Crippen LogP contribution in [0.2, 0.25) is 0 Å². The molecule has 0 aliphatic heterocycles. The molecule has 0 heterocycles. The average molecular weight is 203 g/mol. The smallest absolute Gasteiger partial charge is 0.0322 e. The monoisotopic (exact) mass is 203 g/mol. The van der Waals surface area contributed by atoms with Gasteiger partial charge in [-0.3, -0.25) is 0 Å². The molecule has 1 unspecified atom stereocenters. The second-order valence-electron chi connectivity index (χ2n) is 4.88. The molecule has 1 saturated carbocycles. The number of rotatable bonds is 4. The number of benzene rings is 1. The number of aryl methyl sites for hydroxylation is 2. The third kappa shape index (κ3) is 2.60. The highest BCUT2D eigenvalue weighted by Gasteiger charge is 2.26. The van der Waals surface area contributed by atoms with Crippen LogP contribution in [0, 0.1) is 19.8 Å². The van der Waals surface area contributed by atoms with Crippen LogP contribution < -0.4 is 5.32 Å². The van der Waals surface area contributed by atoms with E-state index in [-0.39, 0.29) is 0 Å². The predicted octanol–water partition coefficient (Wildman–Crippen LogP) is 3.36. The molecule has 0 aromatic heterocycles. The average Bonchev–Trinajstić information content (AvgIpc) is 3.02. The zero-order valence-corrected chi connectivity index (χ0v) is 10.0. The minimum absolute atomic E-state index is 0.553. The summed E-state index contributed by atoms with van der Waals surface area (Å²) in [5.74, 6) is 0.974. The molecule has 1 nitrogen and oxygen atoms in total. The molecule has 0 bridgehead atoms. The van der Waals surface area contributed by atoms with Crippen molar-refractivity contribution in [2.24, 2.45) is 5.92 Å². The molecule has 1 aliphatic rings. The normalized spacial score (nSPS) is 17.8. The summed E-state index contributed by atoms with van der Waals surface area (Å²) in [6, 6.07) is 7.32. The molecule has 1 atom stereocenters. The molecule has 0 saturated heterocycles. The highest BCUT2D eigenvalue weighted by Crippen LogP contribution is 2.38. The molecular formula is C14H21N. The molecular weight excluding hydrogens is 182 g/mol. The Bertz CT molecular complexity index is 339. The molecule has 15 heavy (non-hydrogen) atoms. The Morgan fingerprint density at radius 3 is 2.67 bits per heavy atom. The van der Waals surface area contributed by atoms with E-state index in [1.165, 1.54) is 36.0 Å². The van der Waals surface area contributed by atoms with Crippen molar-refractivity contribution >= 4 is 0 Å². The highest BCUT2D eigenvalue weighted by molar-refractivity contribution is 5.33. The van der Waals surface area contributed by atoms with Crippen LogP contribution in [-0.4, -0.2) is 7.05 Å². The maximum atomic E-state index is 3.46. The molecule has 0 amide bonds. The Balaban J connectivity index is 2.19. The first-order valence-corrected chi connectivity index (χ1v) is 5.95. The van der Waals surface area contributed by atoms with E-state index in [1.807, 2.05) is 0 Å². The van der Waals surface area contributed by atoms with E-state index in [0.717, 1.165) is 5.92 Å². The summed E-state index contributed by atoms with van der Waals surface area (Å²) in [6.45, 7) is 4.39. The van der Waals surface area contributed by atoms with Gasteiger partial charge in [0.2, 0.25) is 0 Å². The van der Waals surface area contributed by atoms with Crippen molar-refractivity contribution in [3.05, 3.63) is 34.9 Å². The zero-order chi connectivity index (χ0) is 10.8. The number of hydrogen-bond donors (Lipinski definition) is 1. The van der Waals surface area contributed by atoms with E-state index in [1.54, 1.807) is 0 Å². The molecule has 1 aliphatic carbocycles. The van der Waals surface area contributed by atoms with E-state index in [9.17, 15) is 0 Å². The van der Waals surface area contributed by atoms with Gasteiger partial charge >= 0.3 is 0 Å². The summed E-state index contributed by atoms with van der Waals surface area (Å²) in [6.07, 6.45) is 4.17. The van der Waals surface area contributed by atoms with Gasteiger partial charge in [0.15, 0.2) is 0 Å². The second kappa shape index (κ2) is 4.36. The van der Waals surface area contributed by atoms with Gasteiger partial charge in [0.1, 0.15) is 0 Å². The van der Waals surface area contributed by atoms with Crippen LogP contribution in [0.4, 0.5) is 0 Å². The minimum Gasteiger partial charge on any atom is -0.313 e. The Hall–Kier alpha value is -0.820. The van der Waals surface area contributed by atoms with Crippen molar-refractivity contribution in [1.82, 2.24) is 5.32 Å². The fourth-order valence-electron chi connectivity index (χ4n) is 2.22. The van der Waals surface area contributed by atoms with E-state index in [0.29, 0.717) is 6.04 Å². The summed E-state index contributed by atoms with van der Waals surface area (Å²) in [5, 5.41) is 3.46. The maximum absolute atomic E-state index is 3.46. The van der Waals surface area contributed by atoms with Gasteiger partial charge in [-0.15, -0.1) is 0 Å². The quantitative estimate of drug-likeness (QED) is 0.791.